The van der Waals surface area contributed by atoms with Gasteiger partial charge in [0.1, 0.15) is 0 Å². The van der Waals surface area contributed by atoms with Crippen molar-refractivity contribution in [3.8, 4) is 11.3 Å². The Kier molecular flexibility index (Phi) is 5.18. The fourth-order valence-corrected chi connectivity index (χ4v) is 2.43. The molecule has 2 aromatic rings. The largest absolute Gasteiger partial charge is 0.271 e. The number of benzene rings is 1. The quantitative estimate of drug-likeness (QED) is 0.777. The van der Waals surface area contributed by atoms with Crippen molar-refractivity contribution in [3.63, 3.8) is 0 Å². The highest BCUT2D eigenvalue weighted by atomic mass is 35.5. The van der Waals surface area contributed by atoms with Gasteiger partial charge in [-0.15, -0.1) is 11.6 Å². The topological polar surface area (TPSA) is 34.9 Å². The van der Waals surface area contributed by atoms with Crippen LogP contribution in [0.3, 0.4) is 0 Å². The Morgan fingerprint density at radius 3 is 2.43 bits per heavy atom. The van der Waals surface area contributed by atoms with Gasteiger partial charge in [-0.3, -0.25) is 4.79 Å². The van der Waals surface area contributed by atoms with Crippen molar-refractivity contribution in [1.82, 2.24) is 9.78 Å². The Balaban J connectivity index is 2.47. The number of alkyl halides is 1. The SMILES string of the molecule is CCCn1nc(-c2ccc(C(C)C)cc2)cc(CCl)c1=O. The zero-order chi connectivity index (χ0) is 15.4. The fourth-order valence-electron chi connectivity index (χ4n) is 2.24. The first-order valence-electron chi connectivity index (χ1n) is 7.34. The first-order chi connectivity index (χ1) is 10.1. The smallest absolute Gasteiger partial charge is 0.267 e. The number of aromatic nitrogens is 2. The van der Waals surface area contributed by atoms with Crippen molar-refractivity contribution >= 4 is 11.6 Å². The Labute approximate surface area is 130 Å². The van der Waals surface area contributed by atoms with Crippen LogP contribution in [0.15, 0.2) is 35.1 Å². The van der Waals surface area contributed by atoms with Crippen LogP contribution >= 0.6 is 11.6 Å². The van der Waals surface area contributed by atoms with E-state index in [-0.39, 0.29) is 11.4 Å². The van der Waals surface area contributed by atoms with Gasteiger partial charge in [-0.25, -0.2) is 4.68 Å². The molecule has 0 aliphatic heterocycles. The van der Waals surface area contributed by atoms with Crippen molar-refractivity contribution in [1.29, 1.82) is 0 Å². The third-order valence-electron chi connectivity index (χ3n) is 3.50. The van der Waals surface area contributed by atoms with Crippen molar-refractivity contribution in [2.24, 2.45) is 0 Å². The van der Waals surface area contributed by atoms with Gasteiger partial charge in [0.2, 0.25) is 0 Å². The van der Waals surface area contributed by atoms with Gasteiger partial charge < -0.3 is 0 Å². The molecule has 3 nitrogen and oxygen atoms in total. The zero-order valence-electron chi connectivity index (χ0n) is 12.8. The van der Waals surface area contributed by atoms with Crippen LogP contribution < -0.4 is 5.56 Å². The summed E-state index contributed by atoms with van der Waals surface area (Å²) in [5.41, 5.74) is 3.61. The third-order valence-corrected chi connectivity index (χ3v) is 3.79. The fraction of sp³-hybridized carbons (Fsp3) is 0.412. The number of aryl methyl sites for hydroxylation is 1. The summed E-state index contributed by atoms with van der Waals surface area (Å²) in [4.78, 5) is 12.1. The molecule has 0 bridgehead atoms. The summed E-state index contributed by atoms with van der Waals surface area (Å²) in [5, 5.41) is 4.46. The molecule has 2 rings (SSSR count). The summed E-state index contributed by atoms with van der Waals surface area (Å²) in [7, 11) is 0. The molecule has 0 aliphatic carbocycles. The molecule has 1 aromatic heterocycles. The molecule has 4 heteroatoms. The molecular formula is C17H21ClN2O. The molecule has 21 heavy (non-hydrogen) atoms. The predicted octanol–water partition coefficient (Wildman–Crippen LogP) is 4.18. The molecule has 0 saturated heterocycles. The third kappa shape index (κ3) is 3.53. The van der Waals surface area contributed by atoms with Gasteiger partial charge in [0.05, 0.1) is 11.6 Å². The monoisotopic (exact) mass is 304 g/mol. The van der Waals surface area contributed by atoms with Crippen LogP contribution in [0.2, 0.25) is 0 Å². The first-order valence-corrected chi connectivity index (χ1v) is 7.87. The Morgan fingerprint density at radius 2 is 1.90 bits per heavy atom. The molecule has 0 unspecified atom stereocenters. The lowest BCUT2D eigenvalue weighted by Crippen LogP contribution is -2.26. The summed E-state index contributed by atoms with van der Waals surface area (Å²) in [6.07, 6.45) is 0.865. The molecule has 0 fully saturated rings. The Bertz CT molecular complexity index is 659. The molecule has 0 saturated carbocycles. The molecule has 0 amide bonds. The van der Waals surface area contributed by atoms with Crippen LogP contribution in [-0.2, 0) is 12.4 Å². The van der Waals surface area contributed by atoms with Crippen LogP contribution in [0.25, 0.3) is 11.3 Å². The van der Waals surface area contributed by atoms with E-state index in [1.165, 1.54) is 10.2 Å². The minimum atomic E-state index is -0.0885. The highest BCUT2D eigenvalue weighted by Crippen LogP contribution is 2.21. The number of rotatable bonds is 5. The molecule has 1 heterocycles. The molecule has 0 spiro atoms. The van der Waals surface area contributed by atoms with E-state index < -0.39 is 0 Å². The van der Waals surface area contributed by atoms with Crippen LogP contribution in [0.4, 0.5) is 0 Å². The van der Waals surface area contributed by atoms with E-state index in [1.54, 1.807) is 6.07 Å². The standard InChI is InChI=1S/C17H21ClN2O/c1-4-9-20-17(21)15(11-18)10-16(19-20)14-7-5-13(6-8-14)12(2)3/h5-8,10,12H,4,9,11H2,1-3H3. The predicted molar refractivity (Wildman–Crippen MR) is 87.9 cm³/mol. The van der Waals surface area contributed by atoms with Crippen LogP contribution in [0, 0.1) is 0 Å². The second-order valence-corrected chi connectivity index (χ2v) is 5.76. The van der Waals surface area contributed by atoms with E-state index in [9.17, 15) is 4.79 Å². The Hall–Kier alpha value is -1.61. The lowest BCUT2D eigenvalue weighted by Gasteiger charge is -2.10. The van der Waals surface area contributed by atoms with Gasteiger partial charge >= 0.3 is 0 Å². The van der Waals surface area contributed by atoms with E-state index in [0.29, 0.717) is 18.0 Å². The van der Waals surface area contributed by atoms with Crippen molar-refractivity contribution in [2.75, 3.05) is 0 Å². The zero-order valence-corrected chi connectivity index (χ0v) is 13.5. The van der Waals surface area contributed by atoms with E-state index in [0.717, 1.165) is 17.7 Å². The maximum atomic E-state index is 12.1. The van der Waals surface area contributed by atoms with E-state index in [4.69, 9.17) is 11.6 Å². The normalized spacial score (nSPS) is 11.1. The van der Waals surface area contributed by atoms with Crippen molar-refractivity contribution in [2.45, 2.75) is 45.5 Å². The van der Waals surface area contributed by atoms with Gasteiger partial charge in [0.25, 0.3) is 5.56 Å². The van der Waals surface area contributed by atoms with Gasteiger partial charge in [0.15, 0.2) is 0 Å². The average molecular weight is 305 g/mol. The second-order valence-electron chi connectivity index (χ2n) is 5.49. The van der Waals surface area contributed by atoms with Gasteiger partial charge in [-0.05, 0) is 24.0 Å². The minimum Gasteiger partial charge on any atom is -0.267 e. The van der Waals surface area contributed by atoms with Crippen LogP contribution in [-0.4, -0.2) is 9.78 Å². The van der Waals surface area contributed by atoms with Gasteiger partial charge in [-0.2, -0.15) is 5.10 Å². The Morgan fingerprint density at radius 1 is 1.24 bits per heavy atom. The highest BCUT2D eigenvalue weighted by Gasteiger charge is 2.09. The lowest BCUT2D eigenvalue weighted by atomic mass is 10.0. The van der Waals surface area contributed by atoms with E-state index in [2.05, 4.69) is 43.2 Å². The number of hydrogen-bond acceptors (Lipinski definition) is 2. The van der Waals surface area contributed by atoms with Crippen molar-refractivity contribution in [3.05, 3.63) is 51.8 Å². The van der Waals surface area contributed by atoms with E-state index in [1.807, 2.05) is 6.92 Å². The second kappa shape index (κ2) is 6.90. The number of nitrogens with zero attached hydrogens (tertiary/aromatic N) is 2. The number of hydrogen-bond donors (Lipinski definition) is 0. The van der Waals surface area contributed by atoms with Crippen LogP contribution in [0.1, 0.15) is 44.2 Å². The number of halogens is 1. The summed E-state index contributed by atoms with van der Waals surface area (Å²) < 4.78 is 1.52. The molecular weight excluding hydrogens is 284 g/mol. The minimum absolute atomic E-state index is 0.0885. The summed E-state index contributed by atoms with van der Waals surface area (Å²) in [6, 6.07) is 10.1. The molecule has 0 aliphatic rings. The first kappa shape index (κ1) is 15.8. The average Bonchev–Trinajstić information content (AvgIpc) is 2.49. The molecule has 0 N–H and O–H groups in total. The molecule has 0 atom stereocenters. The maximum absolute atomic E-state index is 12.1. The maximum Gasteiger partial charge on any atom is 0.271 e. The van der Waals surface area contributed by atoms with Crippen LogP contribution in [0.5, 0.6) is 0 Å². The molecule has 112 valence electrons. The highest BCUT2D eigenvalue weighted by molar-refractivity contribution is 6.17. The summed E-state index contributed by atoms with van der Waals surface area (Å²) in [5.74, 6) is 0.710. The van der Waals surface area contributed by atoms with E-state index >= 15 is 0 Å². The van der Waals surface area contributed by atoms with Gasteiger partial charge in [-0.1, -0.05) is 45.0 Å². The molecule has 1 aromatic carbocycles. The lowest BCUT2D eigenvalue weighted by molar-refractivity contribution is 0.567. The summed E-state index contributed by atoms with van der Waals surface area (Å²) in [6.45, 7) is 6.97. The molecule has 0 radical (unpaired) electrons. The van der Waals surface area contributed by atoms with Crippen molar-refractivity contribution < 1.29 is 0 Å². The summed E-state index contributed by atoms with van der Waals surface area (Å²) >= 11 is 5.89. The van der Waals surface area contributed by atoms with Gasteiger partial charge in [0, 0.05) is 17.7 Å².